The SMILES string of the molecule is Cc1nc(-c2cccc(NC(=O)CS(=O)(=O)c3ccc(Cl)cc3)c2)cs1. The highest BCUT2D eigenvalue weighted by molar-refractivity contribution is 7.92. The standard InChI is InChI=1S/C18H15ClN2O3S2/c1-12-20-17(10-25-12)13-3-2-4-15(9-13)21-18(22)11-26(23,24)16-7-5-14(19)6-8-16/h2-10H,11H2,1H3,(H,21,22). The van der Waals surface area contributed by atoms with Crippen molar-refractivity contribution in [3.8, 4) is 11.3 Å². The number of thiazole rings is 1. The Bertz CT molecular complexity index is 1040. The van der Waals surface area contributed by atoms with Crippen LogP contribution in [0.15, 0.2) is 58.8 Å². The van der Waals surface area contributed by atoms with E-state index in [0.717, 1.165) is 16.3 Å². The second kappa shape index (κ2) is 7.57. The van der Waals surface area contributed by atoms with Crippen LogP contribution in [-0.2, 0) is 14.6 Å². The smallest absolute Gasteiger partial charge is 0.239 e. The lowest BCUT2D eigenvalue weighted by molar-refractivity contribution is -0.113. The van der Waals surface area contributed by atoms with E-state index in [4.69, 9.17) is 11.6 Å². The van der Waals surface area contributed by atoms with Gasteiger partial charge >= 0.3 is 0 Å². The van der Waals surface area contributed by atoms with E-state index in [0.29, 0.717) is 10.7 Å². The van der Waals surface area contributed by atoms with E-state index in [2.05, 4.69) is 10.3 Å². The highest BCUT2D eigenvalue weighted by atomic mass is 35.5. The average Bonchev–Trinajstić information content (AvgIpc) is 3.01. The molecule has 1 N–H and O–H groups in total. The molecular weight excluding hydrogens is 392 g/mol. The van der Waals surface area contributed by atoms with Crippen molar-refractivity contribution in [2.75, 3.05) is 11.1 Å². The molecule has 0 aliphatic heterocycles. The summed E-state index contributed by atoms with van der Waals surface area (Å²) in [5.41, 5.74) is 2.19. The predicted octanol–water partition coefficient (Wildman–Crippen LogP) is 4.18. The molecule has 8 heteroatoms. The molecule has 3 aromatic rings. The van der Waals surface area contributed by atoms with Crippen molar-refractivity contribution < 1.29 is 13.2 Å². The Morgan fingerprint density at radius 1 is 1.19 bits per heavy atom. The lowest BCUT2D eigenvalue weighted by Crippen LogP contribution is -2.23. The number of nitrogens with zero attached hydrogens (tertiary/aromatic N) is 1. The summed E-state index contributed by atoms with van der Waals surface area (Å²) in [6.07, 6.45) is 0. The Morgan fingerprint density at radius 3 is 2.58 bits per heavy atom. The van der Waals surface area contributed by atoms with Crippen molar-refractivity contribution in [2.24, 2.45) is 0 Å². The largest absolute Gasteiger partial charge is 0.325 e. The van der Waals surface area contributed by atoms with Gasteiger partial charge in [0.2, 0.25) is 5.91 Å². The van der Waals surface area contributed by atoms with Gasteiger partial charge in [-0.1, -0.05) is 23.7 Å². The first-order chi connectivity index (χ1) is 12.3. The van der Waals surface area contributed by atoms with Gasteiger partial charge in [0.25, 0.3) is 0 Å². The topological polar surface area (TPSA) is 76.1 Å². The number of sulfone groups is 1. The Hall–Kier alpha value is -2.22. The molecule has 0 aliphatic carbocycles. The Labute approximate surface area is 160 Å². The first-order valence-electron chi connectivity index (χ1n) is 7.64. The number of anilines is 1. The fourth-order valence-electron chi connectivity index (χ4n) is 2.35. The number of halogens is 1. The van der Waals surface area contributed by atoms with E-state index in [9.17, 15) is 13.2 Å². The van der Waals surface area contributed by atoms with E-state index in [1.807, 2.05) is 18.4 Å². The molecule has 5 nitrogen and oxygen atoms in total. The summed E-state index contributed by atoms with van der Waals surface area (Å²) in [5.74, 6) is -1.25. The van der Waals surface area contributed by atoms with Crippen LogP contribution in [0.4, 0.5) is 5.69 Å². The third kappa shape index (κ3) is 4.49. The fraction of sp³-hybridized carbons (Fsp3) is 0.111. The Kier molecular flexibility index (Phi) is 5.41. The highest BCUT2D eigenvalue weighted by Gasteiger charge is 2.19. The van der Waals surface area contributed by atoms with Gasteiger partial charge in [0.05, 0.1) is 15.6 Å². The summed E-state index contributed by atoms with van der Waals surface area (Å²) in [4.78, 5) is 16.7. The molecule has 0 unspecified atom stereocenters. The van der Waals surface area contributed by atoms with Crippen molar-refractivity contribution in [2.45, 2.75) is 11.8 Å². The van der Waals surface area contributed by atoms with Gasteiger partial charge in [0.1, 0.15) is 5.75 Å². The van der Waals surface area contributed by atoms with Crippen molar-refractivity contribution in [1.29, 1.82) is 0 Å². The van der Waals surface area contributed by atoms with E-state index in [1.165, 1.54) is 35.6 Å². The first kappa shape index (κ1) is 18.6. The lowest BCUT2D eigenvalue weighted by Gasteiger charge is -2.08. The van der Waals surface area contributed by atoms with Crippen LogP contribution in [0.25, 0.3) is 11.3 Å². The van der Waals surface area contributed by atoms with Crippen LogP contribution in [0.5, 0.6) is 0 Å². The molecule has 0 bridgehead atoms. The molecule has 26 heavy (non-hydrogen) atoms. The average molecular weight is 407 g/mol. The number of carbonyl (C=O) groups is 1. The second-order valence-electron chi connectivity index (χ2n) is 5.59. The molecular formula is C18H15ClN2O3S2. The highest BCUT2D eigenvalue weighted by Crippen LogP contribution is 2.24. The van der Waals surface area contributed by atoms with Gasteiger partial charge in [-0.15, -0.1) is 11.3 Å². The maximum atomic E-state index is 12.3. The number of amides is 1. The van der Waals surface area contributed by atoms with Gasteiger partial charge in [-0.05, 0) is 43.3 Å². The lowest BCUT2D eigenvalue weighted by atomic mass is 10.1. The van der Waals surface area contributed by atoms with Gasteiger partial charge in [0.15, 0.2) is 9.84 Å². The van der Waals surface area contributed by atoms with Crippen molar-refractivity contribution in [1.82, 2.24) is 4.98 Å². The van der Waals surface area contributed by atoms with Crippen LogP contribution >= 0.6 is 22.9 Å². The van der Waals surface area contributed by atoms with Crippen LogP contribution in [0.1, 0.15) is 5.01 Å². The fourth-order valence-corrected chi connectivity index (χ4v) is 4.23. The molecule has 134 valence electrons. The maximum absolute atomic E-state index is 12.3. The van der Waals surface area contributed by atoms with Crippen molar-refractivity contribution >= 4 is 44.4 Å². The number of hydrogen-bond donors (Lipinski definition) is 1. The van der Waals surface area contributed by atoms with Gasteiger partial charge < -0.3 is 5.32 Å². The molecule has 1 amide bonds. The Morgan fingerprint density at radius 2 is 1.92 bits per heavy atom. The summed E-state index contributed by atoms with van der Waals surface area (Å²) in [6.45, 7) is 1.92. The van der Waals surface area contributed by atoms with E-state index >= 15 is 0 Å². The maximum Gasteiger partial charge on any atom is 0.239 e. The molecule has 0 spiro atoms. The molecule has 0 saturated heterocycles. The van der Waals surface area contributed by atoms with Gasteiger partial charge in [-0.2, -0.15) is 0 Å². The van der Waals surface area contributed by atoms with Crippen LogP contribution in [-0.4, -0.2) is 25.1 Å². The minimum atomic E-state index is -3.74. The molecule has 0 saturated carbocycles. The van der Waals surface area contributed by atoms with Crippen molar-refractivity contribution in [3.63, 3.8) is 0 Å². The molecule has 1 aromatic heterocycles. The number of nitrogens with one attached hydrogen (secondary N) is 1. The van der Waals surface area contributed by atoms with Crippen LogP contribution in [0, 0.1) is 6.92 Å². The van der Waals surface area contributed by atoms with E-state index in [-0.39, 0.29) is 4.90 Å². The molecule has 3 rings (SSSR count). The van der Waals surface area contributed by atoms with Gasteiger partial charge in [-0.3, -0.25) is 4.79 Å². The van der Waals surface area contributed by atoms with Crippen molar-refractivity contribution in [3.05, 3.63) is 63.9 Å². The molecule has 1 heterocycles. The third-order valence-corrected chi connectivity index (χ3v) is 6.21. The summed E-state index contributed by atoms with van der Waals surface area (Å²) < 4.78 is 24.6. The molecule has 0 radical (unpaired) electrons. The number of aryl methyl sites for hydroxylation is 1. The molecule has 0 fully saturated rings. The normalized spacial score (nSPS) is 11.3. The monoisotopic (exact) mass is 406 g/mol. The number of carbonyl (C=O) groups excluding carboxylic acids is 1. The van der Waals surface area contributed by atoms with Crippen LogP contribution < -0.4 is 5.32 Å². The first-order valence-corrected chi connectivity index (χ1v) is 10.6. The predicted molar refractivity (Wildman–Crippen MR) is 104 cm³/mol. The number of rotatable bonds is 5. The Balaban J connectivity index is 1.73. The number of hydrogen-bond acceptors (Lipinski definition) is 5. The zero-order valence-electron chi connectivity index (χ0n) is 13.8. The summed E-state index contributed by atoms with van der Waals surface area (Å²) in [5, 5.41) is 5.94. The minimum absolute atomic E-state index is 0.0590. The van der Waals surface area contributed by atoms with E-state index < -0.39 is 21.5 Å². The quantitative estimate of drug-likeness (QED) is 0.689. The van der Waals surface area contributed by atoms with Gasteiger partial charge in [0, 0.05) is 21.7 Å². The zero-order valence-corrected chi connectivity index (χ0v) is 16.2. The molecule has 2 aromatic carbocycles. The number of benzene rings is 2. The van der Waals surface area contributed by atoms with Crippen LogP contribution in [0.2, 0.25) is 5.02 Å². The van der Waals surface area contributed by atoms with Crippen LogP contribution in [0.3, 0.4) is 0 Å². The molecule has 0 atom stereocenters. The van der Waals surface area contributed by atoms with Gasteiger partial charge in [-0.25, -0.2) is 13.4 Å². The third-order valence-electron chi connectivity index (χ3n) is 3.55. The summed E-state index contributed by atoms with van der Waals surface area (Å²) >= 11 is 7.30. The zero-order chi connectivity index (χ0) is 18.7. The molecule has 0 aliphatic rings. The summed E-state index contributed by atoms with van der Waals surface area (Å²) in [7, 11) is -3.74. The number of aromatic nitrogens is 1. The van der Waals surface area contributed by atoms with E-state index in [1.54, 1.807) is 18.2 Å². The second-order valence-corrected chi connectivity index (χ2v) is 9.08. The summed E-state index contributed by atoms with van der Waals surface area (Å²) in [6, 6.07) is 12.9. The minimum Gasteiger partial charge on any atom is -0.325 e.